The number of pyridine rings is 1. The van der Waals surface area contributed by atoms with Gasteiger partial charge < -0.3 is 29.3 Å². The van der Waals surface area contributed by atoms with E-state index in [0.29, 0.717) is 31.8 Å². The molecular formula is C35H32F3N5O5. The van der Waals surface area contributed by atoms with Crippen molar-refractivity contribution < 1.29 is 37.0 Å². The lowest BCUT2D eigenvalue weighted by Gasteiger charge is -2.35. The van der Waals surface area contributed by atoms with Crippen molar-refractivity contribution in [1.29, 1.82) is 0 Å². The predicted molar refractivity (Wildman–Crippen MR) is 170 cm³/mol. The topological polar surface area (TPSA) is 96.5 Å². The number of amides is 2. The number of hydrogen-bond acceptors (Lipinski definition) is 8. The average Bonchev–Trinajstić information content (AvgIpc) is 3.74. The second kappa shape index (κ2) is 13.1. The Morgan fingerprint density at radius 3 is 2.54 bits per heavy atom. The second-order valence-electron chi connectivity index (χ2n) is 11.9. The van der Waals surface area contributed by atoms with Crippen molar-refractivity contribution in [2.45, 2.75) is 19.9 Å². The van der Waals surface area contributed by atoms with Crippen LogP contribution in [0.15, 0.2) is 60.8 Å². The predicted octanol–water partition coefficient (Wildman–Crippen LogP) is 5.29. The van der Waals surface area contributed by atoms with Crippen LogP contribution in [0.1, 0.15) is 27.0 Å². The second-order valence-corrected chi connectivity index (χ2v) is 11.9. The number of ether oxygens (including phenoxy) is 3. The Bertz CT molecular complexity index is 1880. The number of nitrogens with zero attached hydrogens (tertiary/aromatic N) is 4. The van der Waals surface area contributed by atoms with Crippen LogP contribution in [0.4, 0.5) is 24.5 Å². The van der Waals surface area contributed by atoms with Crippen LogP contribution < -0.4 is 24.4 Å². The molecule has 2 amide bonds. The lowest BCUT2D eigenvalue weighted by Crippen LogP contribution is -2.50. The number of carbonyl (C=O) groups is 2. The molecule has 0 bridgehead atoms. The van der Waals surface area contributed by atoms with Gasteiger partial charge in [0.25, 0.3) is 5.91 Å². The molecule has 1 N–H and O–H groups in total. The summed E-state index contributed by atoms with van der Waals surface area (Å²) >= 11 is 0. The zero-order valence-electron chi connectivity index (χ0n) is 26.1. The molecular weight excluding hydrogens is 627 g/mol. The van der Waals surface area contributed by atoms with Gasteiger partial charge in [0.05, 0.1) is 17.8 Å². The van der Waals surface area contributed by atoms with Gasteiger partial charge in [-0.05, 0) is 49.2 Å². The van der Waals surface area contributed by atoms with Crippen molar-refractivity contribution in [3.8, 4) is 23.1 Å². The first-order valence-electron chi connectivity index (χ1n) is 15.6. The largest absolute Gasteiger partial charge is 0.454 e. The lowest BCUT2D eigenvalue weighted by atomic mass is 10.1. The third kappa shape index (κ3) is 6.33. The first-order valence-corrected chi connectivity index (χ1v) is 15.6. The molecule has 0 spiro atoms. The number of piperazine rings is 1. The number of fused-ring (bicyclic) bond motifs is 2. The normalized spacial score (nSPS) is 15.4. The van der Waals surface area contributed by atoms with Crippen LogP contribution in [0.5, 0.6) is 23.1 Å². The van der Waals surface area contributed by atoms with Gasteiger partial charge in [0.2, 0.25) is 18.6 Å². The smallest absolute Gasteiger partial charge is 0.257 e. The van der Waals surface area contributed by atoms with E-state index in [-0.39, 0.29) is 30.7 Å². The molecule has 0 atom stereocenters. The van der Waals surface area contributed by atoms with Crippen molar-refractivity contribution in [2.75, 3.05) is 56.3 Å². The molecule has 0 saturated carbocycles. The third-order valence-corrected chi connectivity index (χ3v) is 8.82. The fraction of sp³-hybridized carbons (Fsp3) is 0.286. The first kappa shape index (κ1) is 31.3. The van der Waals surface area contributed by atoms with E-state index in [1.54, 1.807) is 0 Å². The number of halogens is 3. The van der Waals surface area contributed by atoms with Gasteiger partial charge in [-0.25, -0.2) is 18.2 Å². The maximum absolute atomic E-state index is 14.2. The number of benzene rings is 3. The lowest BCUT2D eigenvalue weighted by molar-refractivity contribution is -0.131. The number of hydrogen-bond donors (Lipinski definition) is 1. The van der Waals surface area contributed by atoms with Crippen molar-refractivity contribution in [2.24, 2.45) is 0 Å². The van der Waals surface area contributed by atoms with Gasteiger partial charge in [-0.15, -0.1) is 0 Å². The molecule has 0 radical (unpaired) electrons. The van der Waals surface area contributed by atoms with E-state index < -0.39 is 34.6 Å². The summed E-state index contributed by atoms with van der Waals surface area (Å²) in [4.78, 5) is 36.4. The van der Waals surface area contributed by atoms with Crippen molar-refractivity contribution >= 4 is 23.2 Å². The van der Waals surface area contributed by atoms with Crippen molar-refractivity contribution in [1.82, 2.24) is 14.8 Å². The highest BCUT2D eigenvalue weighted by molar-refractivity contribution is 6.04. The monoisotopic (exact) mass is 659 g/mol. The molecule has 7 rings (SSSR count). The van der Waals surface area contributed by atoms with Gasteiger partial charge in [-0.1, -0.05) is 12.1 Å². The molecule has 0 aliphatic carbocycles. The van der Waals surface area contributed by atoms with E-state index in [4.69, 9.17) is 14.2 Å². The highest BCUT2D eigenvalue weighted by atomic mass is 19.2. The van der Waals surface area contributed by atoms with E-state index in [9.17, 15) is 22.8 Å². The highest BCUT2D eigenvalue weighted by Gasteiger charge is 2.28. The molecule has 1 saturated heterocycles. The van der Waals surface area contributed by atoms with Crippen LogP contribution in [-0.2, 0) is 17.8 Å². The number of aromatic nitrogens is 1. The molecule has 0 unspecified atom stereocenters. The van der Waals surface area contributed by atoms with Crippen LogP contribution in [0.3, 0.4) is 0 Å². The highest BCUT2D eigenvalue weighted by Crippen LogP contribution is 2.37. The van der Waals surface area contributed by atoms with E-state index in [2.05, 4.69) is 20.1 Å². The SMILES string of the molecule is Cc1c(F)cc(NC(=O)c2ccc(Oc3cccc4c3CCN4CC(=O)N3CCN(Cc4ccc5c(c4)OCO5)CC3)nc2)c(F)c1F. The van der Waals surface area contributed by atoms with Crippen LogP contribution >= 0.6 is 0 Å². The van der Waals surface area contributed by atoms with Crippen molar-refractivity contribution in [3.05, 3.63) is 100 Å². The summed E-state index contributed by atoms with van der Waals surface area (Å²) in [6.07, 6.45) is 1.91. The van der Waals surface area contributed by atoms with E-state index in [0.717, 1.165) is 60.9 Å². The Morgan fingerprint density at radius 2 is 1.75 bits per heavy atom. The summed E-state index contributed by atoms with van der Waals surface area (Å²) in [7, 11) is 0. The Labute approximate surface area is 274 Å². The van der Waals surface area contributed by atoms with E-state index >= 15 is 0 Å². The summed E-state index contributed by atoms with van der Waals surface area (Å²) in [5.41, 5.74) is 1.97. The molecule has 48 heavy (non-hydrogen) atoms. The number of rotatable bonds is 8. The van der Waals surface area contributed by atoms with Gasteiger partial charge in [0.15, 0.2) is 23.1 Å². The summed E-state index contributed by atoms with van der Waals surface area (Å²) in [6, 6.07) is 15.2. The molecule has 3 aromatic carbocycles. The quantitative estimate of drug-likeness (QED) is 0.255. The number of nitrogens with one attached hydrogen (secondary N) is 1. The van der Waals surface area contributed by atoms with Gasteiger partial charge in [0.1, 0.15) is 11.6 Å². The fourth-order valence-corrected chi connectivity index (χ4v) is 6.10. The molecule has 3 aliphatic heterocycles. The molecule has 10 nitrogen and oxygen atoms in total. The van der Waals surface area contributed by atoms with Crippen LogP contribution in [0, 0.1) is 24.4 Å². The molecule has 4 heterocycles. The standard InChI is InChI=1S/C35H32F3N5O5/c1-21-25(36)16-26(34(38)33(21)37)40-35(45)23-6-8-31(39-17-23)48-28-4-2-3-27-24(28)9-10-43(27)19-32(44)42-13-11-41(12-14-42)18-22-5-7-29-30(15-22)47-20-46-29/h2-8,15-17H,9-14,18-20H2,1H3,(H,40,45). The number of anilines is 2. The zero-order valence-corrected chi connectivity index (χ0v) is 26.1. The summed E-state index contributed by atoms with van der Waals surface area (Å²) in [5, 5.41) is 2.18. The van der Waals surface area contributed by atoms with Gasteiger partial charge in [-0.3, -0.25) is 14.5 Å². The maximum atomic E-state index is 14.2. The minimum atomic E-state index is -1.36. The minimum absolute atomic E-state index is 0.0416. The third-order valence-electron chi connectivity index (χ3n) is 8.82. The molecule has 1 aromatic heterocycles. The van der Waals surface area contributed by atoms with Crippen LogP contribution in [0.2, 0.25) is 0 Å². The van der Waals surface area contributed by atoms with Gasteiger partial charge in [-0.2, -0.15) is 0 Å². The summed E-state index contributed by atoms with van der Waals surface area (Å²) in [5.74, 6) is -2.07. The van der Waals surface area contributed by atoms with Crippen molar-refractivity contribution in [3.63, 3.8) is 0 Å². The Morgan fingerprint density at radius 1 is 0.938 bits per heavy atom. The fourth-order valence-electron chi connectivity index (χ4n) is 6.10. The molecule has 4 aromatic rings. The van der Waals surface area contributed by atoms with Crippen LogP contribution in [-0.4, -0.2) is 72.7 Å². The number of carbonyl (C=O) groups excluding carboxylic acids is 2. The van der Waals surface area contributed by atoms with E-state index in [1.807, 2.05) is 41.3 Å². The molecule has 248 valence electrons. The molecule has 13 heteroatoms. The summed E-state index contributed by atoms with van der Waals surface area (Å²) < 4.78 is 59.0. The van der Waals surface area contributed by atoms with Crippen LogP contribution in [0.25, 0.3) is 0 Å². The van der Waals surface area contributed by atoms with Gasteiger partial charge in [0, 0.05) is 74.4 Å². The minimum Gasteiger partial charge on any atom is -0.454 e. The molecule has 3 aliphatic rings. The Kier molecular flexibility index (Phi) is 8.52. The van der Waals surface area contributed by atoms with E-state index in [1.165, 1.54) is 18.3 Å². The Hall–Kier alpha value is -5.30. The maximum Gasteiger partial charge on any atom is 0.257 e. The average molecular weight is 660 g/mol. The zero-order chi connectivity index (χ0) is 33.4. The Balaban J connectivity index is 0.933. The van der Waals surface area contributed by atoms with Gasteiger partial charge >= 0.3 is 0 Å². The molecule has 1 fully saturated rings. The summed E-state index contributed by atoms with van der Waals surface area (Å²) in [6.45, 7) is 5.92. The first-order chi connectivity index (χ1) is 23.2.